The van der Waals surface area contributed by atoms with E-state index in [1.807, 2.05) is 24.3 Å². The summed E-state index contributed by atoms with van der Waals surface area (Å²) in [4.78, 5) is 25.5. The number of carbonyl (C=O) groups is 2. The van der Waals surface area contributed by atoms with Gasteiger partial charge in [-0.3, -0.25) is 14.9 Å². The average molecular weight is 534 g/mol. The number of halogens is 4. The van der Waals surface area contributed by atoms with E-state index in [1.54, 1.807) is 12.1 Å². The van der Waals surface area contributed by atoms with Crippen LogP contribution in [0.3, 0.4) is 0 Å². The summed E-state index contributed by atoms with van der Waals surface area (Å²) in [5.41, 5.74) is -0.291. The Labute approximate surface area is 211 Å². The Morgan fingerprint density at radius 1 is 0.857 bits per heavy atom. The Hall–Kier alpha value is -3.47. The Morgan fingerprint density at radius 3 is 2.26 bits per heavy atom. The van der Waals surface area contributed by atoms with Crippen LogP contribution < -0.4 is 16.0 Å². The van der Waals surface area contributed by atoms with Gasteiger partial charge >= 0.3 is 6.18 Å². The van der Waals surface area contributed by atoms with Crippen molar-refractivity contribution in [2.75, 3.05) is 10.6 Å². The summed E-state index contributed by atoms with van der Waals surface area (Å²) >= 11 is 12.8. The molecule has 0 unspecified atom stereocenters. The zero-order valence-corrected chi connectivity index (χ0v) is 20.0. The van der Waals surface area contributed by atoms with Crippen molar-refractivity contribution < 1.29 is 22.8 Å². The lowest BCUT2D eigenvalue weighted by Gasteiger charge is -2.12. The maximum Gasteiger partial charge on any atom is 0.416 e. The van der Waals surface area contributed by atoms with Gasteiger partial charge in [0.25, 0.3) is 11.8 Å². The largest absolute Gasteiger partial charge is 0.416 e. The predicted molar refractivity (Wildman–Crippen MR) is 136 cm³/mol. The van der Waals surface area contributed by atoms with Gasteiger partial charge < -0.3 is 10.6 Å². The summed E-state index contributed by atoms with van der Waals surface area (Å²) in [5, 5.41) is 8.90. The van der Waals surface area contributed by atoms with E-state index in [4.69, 9.17) is 23.8 Å². The lowest BCUT2D eigenvalue weighted by Crippen LogP contribution is -2.33. The molecule has 35 heavy (non-hydrogen) atoms. The molecule has 0 radical (unpaired) electrons. The van der Waals surface area contributed by atoms with Crippen LogP contribution in [0.1, 0.15) is 25.6 Å². The zero-order chi connectivity index (χ0) is 25.2. The molecule has 0 aliphatic rings. The number of thiocarbonyl (C=S) groups is 1. The minimum atomic E-state index is -4.52. The van der Waals surface area contributed by atoms with Gasteiger partial charge in [0, 0.05) is 27.0 Å². The number of amides is 2. The van der Waals surface area contributed by atoms with Crippen LogP contribution in [0.5, 0.6) is 0 Å². The van der Waals surface area contributed by atoms with Gasteiger partial charge in [0.2, 0.25) is 0 Å². The monoisotopic (exact) mass is 533 g/mol. The molecule has 4 rings (SSSR count). The Morgan fingerprint density at radius 2 is 1.54 bits per heavy atom. The van der Waals surface area contributed by atoms with Crippen molar-refractivity contribution in [3.05, 3.63) is 93.8 Å². The molecule has 0 atom stereocenters. The summed E-state index contributed by atoms with van der Waals surface area (Å²) in [6, 6.07) is 17.8. The van der Waals surface area contributed by atoms with Gasteiger partial charge in [0.1, 0.15) is 4.88 Å². The van der Waals surface area contributed by atoms with Crippen molar-refractivity contribution in [1.82, 2.24) is 5.32 Å². The standard InChI is InChI=1S/C24H15ClF3N3O2S2/c25-19-17-9-1-2-10-18(17)35-20(19)22(33)31-23(34)30-15-7-3-5-13(11-15)21(32)29-16-8-4-6-14(12-16)24(26,27)28/h1-12H,(H,29,32)(H2,30,31,33,34). The molecule has 2 amide bonds. The first-order valence-electron chi connectivity index (χ1n) is 10.00. The average Bonchev–Trinajstić information content (AvgIpc) is 3.15. The fourth-order valence-electron chi connectivity index (χ4n) is 3.20. The number of anilines is 2. The number of hydrogen-bond donors (Lipinski definition) is 3. The topological polar surface area (TPSA) is 70.2 Å². The van der Waals surface area contributed by atoms with E-state index in [2.05, 4.69) is 16.0 Å². The van der Waals surface area contributed by atoms with Crippen molar-refractivity contribution in [1.29, 1.82) is 0 Å². The quantitative estimate of drug-likeness (QED) is 0.248. The summed E-state index contributed by atoms with van der Waals surface area (Å²) in [6.07, 6.45) is -4.52. The van der Waals surface area contributed by atoms with Crippen LogP contribution in [0.15, 0.2) is 72.8 Å². The van der Waals surface area contributed by atoms with Crippen LogP contribution in [-0.4, -0.2) is 16.9 Å². The molecule has 1 heterocycles. The summed E-state index contributed by atoms with van der Waals surface area (Å²) in [7, 11) is 0. The van der Waals surface area contributed by atoms with Gasteiger partial charge in [0.15, 0.2) is 5.11 Å². The van der Waals surface area contributed by atoms with Crippen LogP contribution in [0, 0.1) is 0 Å². The second-order valence-corrected chi connectivity index (χ2v) is 9.10. The SMILES string of the molecule is O=C(Nc1cccc(C(F)(F)F)c1)c1cccc(NC(=S)NC(=O)c2sc3ccccc3c2Cl)c1. The fourth-order valence-corrected chi connectivity index (χ4v) is 4.82. The summed E-state index contributed by atoms with van der Waals surface area (Å²) in [5.74, 6) is -1.09. The van der Waals surface area contributed by atoms with Gasteiger partial charge in [0.05, 0.1) is 10.6 Å². The van der Waals surface area contributed by atoms with Gasteiger partial charge in [-0.15, -0.1) is 11.3 Å². The highest BCUT2D eigenvalue weighted by Crippen LogP contribution is 2.35. The number of thiophene rings is 1. The van der Waals surface area contributed by atoms with Crippen molar-refractivity contribution in [3.8, 4) is 0 Å². The third kappa shape index (κ3) is 5.79. The molecule has 0 spiro atoms. The van der Waals surface area contributed by atoms with E-state index in [9.17, 15) is 22.8 Å². The van der Waals surface area contributed by atoms with Crippen molar-refractivity contribution >= 4 is 73.5 Å². The second kappa shape index (κ2) is 10.0. The van der Waals surface area contributed by atoms with Crippen LogP contribution in [-0.2, 0) is 6.18 Å². The molecule has 0 fully saturated rings. The van der Waals surface area contributed by atoms with Crippen molar-refractivity contribution in [3.63, 3.8) is 0 Å². The van der Waals surface area contributed by atoms with Crippen molar-refractivity contribution in [2.45, 2.75) is 6.18 Å². The van der Waals surface area contributed by atoms with Crippen LogP contribution in [0.4, 0.5) is 24.5 Å². The molecule has 3 N–H and O–H groups in total. The van der Waals surface area contributed by atoms with E-state index in [1.165, 1.54) is 35.6 Å². The minimum absolute atomic E-state index is 0.00573. The lowest BCUT2D eigenvalue weighted by molar-refractivity contribution is -0.137. The normalized spacial score (nSPS) is 11.2. The van der Waals surface area contributed by atoms with Gasteiger partial charge in [-0.1, -0.05) is 41.9 Å². The molecule has 178 valence electrons. The molecular formula is C24H15ClF3N3O2S2. The number of benzene rings is 3. The van der Waals surface area contributed by atoms with E-state index >= 15 is 0 Å². The fraction of sp³-hybridized carbons (Fsp3) is 0.0417. The Bertz CT molecular complexity index is 1450. The third-order valence-electron chi connectivity index (χ3n) is 4.80. The molecule has 4 aromatic rings. The van der Waals surface area contributed by atoms with Gasteiger partial charge in [-0.2, -0.15) is 13.2 Å². The first-order valence-corrected chi connectivity index (χ1v) is 11.6. The highest BCUT2D eigenvalue weighted by molar-refractivity contribution is 7.80. The molecule has 0 saturated carbocycles. The van der Waals surface area contributed by atoms with E-state index in [0.717, 1.165) is 22.2 Å². The smallest absolute Gasteiger partial charge is 0.332 e. The molecular weight excluding hydrogens is 519 g/mol. The summed E-state index contributed by atoms with van der Waals surface area (Å²) < 4.78 is 39.6. The number of fused-ring (bicyclic) bond motifs is 1. The molecule has 0 saturated heterocycles. The predicted octanol–water partition coefficient (Wildman–Crippen LogP) is 6.95. The number of nitrogens with one attached hydrogen (secondary N) is 3. The summed E-state index contributed by atoms with van der Waals surface area (Å²) in [6.45, 7) is 0. The number of hydrogen-bond acceptors (Lipinski definition) is 4. The zero-order valence-electron chi connectivity index (χ0n) is 17.6. The number of rotatable bonds is 4. The maximum absolute atomic E-state index is 12.9. The molecule has 5 nitrogen and oxygen atoms in total. The third-order valence-corrected chi connectivity index (χ3v) is 6.68. The van der Waals surface area contributed by atoms with Crippen molar-refractivity contribution in [2.24, 2.45) is 0 Å². The molecule has 3 aromatic carbocycles. The molecule has 11 heteroatoms. The maximum atomic E-state index is 12.9. The number of alkyl halides is 3. The second-order valence-electron chi connectivity index (χ2n) is 7.26. The molecule has 0 bridgehead atoms. The molecule has 1 aromatic heterocycles. The lowest BCUT2D eigenvalue weighted by atomic mass is 10.1. The van der Waals surface area contributed by atoms with E-state index < -0.39 is 23.6 Å². The van der Waals surface area contributed by atoms with E-state index in [-0.39, 0.29) is 16.4 Å². The highest BCUT2D eigenvalue weighted by atomic mass is 35.5. The van der Waals surface area contributed by atoms with Crippen LogP contribution in [0.25, 0.3) is 10.1 Å². The van der Waals surface area contributed by atoms with Crippen LogP contribution in [0.2, 0.25) is 5.02 Å². The Balaban J connectivity index is 1.42. The molecule has 0 aliphatic carbocycles. The molecule has 0 aliphatic heterocycles. The van der Waals surface area contributed by atoms with E-state index in [0.29, 0.717) is 15.6 Å². The van der Waals surface area contributed by atoms with Crippen LogP contribution >= 0.6 is 35.2 Å². The van der Waals surface area contributed by atoms with Gasteiger partial charge in [-0.05, 0) is 54.7 Å². The first kappa shape index (κ1) is 24.6. The first-order chi connectivity index (χ1) is 16.6. The highest BCUT2D eigenvalue weighted by Gasteiger charge is 2.30. The Kier molecular flexibility index (Phi) is 7.06. The van der Waals surface area contributed by atoms with Gasteiger partial charge in [-0.25, -0.2) is 0 Å². The minimum Gasteiger partial charge on any atom is -0.332 e. The number of carbonyl (C=O) groups excluding carboxylic acids is 2.